The Labute approximate surface area is 136 Å². The third-order valence-electron chi connectivity index (χ3n) is 3.14. The van der Waals surface area contributed by atoms with Crippen molar-refractivity contribution in [1.29, 1.82) is 0 Å². The zero-order valence-corrected chi connectivity index (χ0v) is 14.2. The van der Waals surface area contributed by atoms with Gasteiger partial charge in [0.1, 0.15) is 0 Å². The monoisotopic (exact) mass is 340 g/mol. The maximum absolute atomic E-state index is 10.9. The first kappa shape index (κ1) is 19.6. The van der Waals surface area contributed by atoms with Crippen molar-refractivity contribution in [3.63, 3.8) is 0 Å². The Morgan fingerprint density at radius 3 is 2.95 bits per heavy atom. The maximum Gasteiger partial charge on any atom is 0.223 e. The number of amides is 1. The standard InChI is InChI=1S/C12H20N4OS.2ClH/c1-9(17)14-12-15-10(8-18-12)7-16-5-3-4-11(16)6-13-2;;/h8,11,13H,3-7H2,1-2H3,(H,14,15,17);2*1H. The number of hydrogen-bond acceptors (Lipinski definition) is 5. The molecule has 116 valence electrons. The van der Waals surface area contributed by atoms with Crippen molar-refractivity contribution < 1.29 is 4.79 Å². The predicted molar refractivity (Wildman–Crippen MR) is 88.3 cm³/mol. The Kier molecular flexibility index (Phi) is 9.33. The van der Waals surface area contributed by atoms with E-state index in [-0.39, 0.29) is 30.7 Å². The van der Waals surface area contributed by atoms with Gasteiger partial charge in [-0.2, -0.15) is 0 Å². The van der Waals surface area contributed by atoms with E-state index in [4.69, 9.17) is 0 Å². The van der Waals surface area contributed by atoms with E-state index in [0.29, 0.717) is 11.2 Å². The third-order valence-corrected chi connectivity index (χ3v) is 3.95. The van der Waals surface area contributed by atoms with Crippen LogP contribution in [0.4, 0.5) is 5.13 Å². The summed E-state index contributed by atoms with van der Waals surface area (Å²) in [6.45, 7) is 4.55. The second kappa shape index (κ2) is 9.52. The van der Waals surface area contributed by atoms with Gasteiger partial charge in [0.25, 0.3) is 0 Å². The van der Waals surface area contributed by atoms with Crippen molar-refractivity contribution in [1.82, 2.24) is 15.2 Å². The number of aromatic nitrogens is 1. The number of hydrogen-bond donors (Lipinski definition) is 2. The summed E-state index contributed by atoms with van der Waals surface area (Å²) in [6, 6.07) is 0.612. The van der Waals surface area contributed by atoms with Crippen molar-refractivity contribution in [3.8, 4) is 0 Å². The van der Waals surface area contributed by atoms with E-state index in [2.05, 4.69) is 20.5 Å². The summed E-state index contributed by atoms with van der Waals surface area (Å²) in [5, 5.41) is 8.69. The molecule has 1 aromatic heterocycles. The molecule has 1 aliphatic rings. The lowest BCUT2D eigenvalue weighted by Gasteiger charge is -2.23. The van der Waals surface area contributed by atoms with Gasteiger partial charge in [-0.3, -0.25) is 9.69 Å². The Morgan fingerprint density at radius 1 is 1.55 bits per heavy atom. The smallest absolute Gasteiger partial charge is 0.223 e. The number of carbonyl (C=O) groups is 1. The highest BCUT2D eigenvalue weighted by Gasteiger charge is 2.24. The van der Waals surface area contributed by atoms with E-state index in [0.717, 1.165) is 25.3 Å². The molecule has 20 heavy (non-hydrogen) atoms. The number of likely N-dealkylation sites (N-methyl/N-ethyl adjacent to an activating group) is 1. The SMILES string of the molecule is CNCC1CCCN1Cc1csc(NC(C)=O)n1.Cl.Cl. The summed E-state index contributed by atoms with van der Waals surface area (Å²) in [6.07, 6.45) is 2.51. The van der Waals surface area contributed by atoms with Crippen LogP contribution in [-0.4, -0.2) is 42.0 Å². The highest BCUT2D eigenvalue weighted by molar-refractivity contribution is 7.13. The van der Waals surface area contributed by atoms with E-state index in [9.17, 15) is 4.79 Å². The van der Waals surface area contributed by atoms with E-state index < -0.39 is 0 Å². The van der Waals surface area contributed by atoms with Gasteiger partial charge >= 0.3 is 0 Å². The largest absolute Gasteiger partial charge is 0.318 e. The molecule has 2 rings (SSSR count). The van der Waals surface area contributed by atoms with Crippen molar-refractivity contribution in [2.45, 2.75) is 32.4 Å². The lowest BCUT2D eigenvalue weighted by molar-refractivity contribution is -0.114. The molecule has 1 saturated heterocycles. The van der Waals surface area contributed by atoms with Gasteiger partial charge in [0.05, 0.1) is 5.69 Å². The van der Waals surface area contributed by atoms with Crippen LogP contribution in [0.3, 0.4) is 0 Å². The van der Waals surface area contributed by atoms with E-state index in [1.165, 1.54) is 31.1 Å². The van der Waals surface area contributed by atoms with Crippen LogP contribution < -0.4 is 10.6 Å². The van der Waals surface area contributed by atoms with Crippen LogP contribution in [0, 0.1) is 0 Å². The van der Waals surface area contributed by atoms with Crippen molar-refractivity contribution in [2.75, 3.05) is 25.5 Å². The van der Waals surface area contributed by atoms with Crippen molar-refractivity contribution in [2.24, 2.45) is 0 Å². The van der Waals surface area contributed by atoms with Crippen molar-refractivity contribution >= 4 is 47.2 Å². The predicted octanol–water partition coefficient (Wildman–Crippen LogP) is 2.13. The fraction of sp³-hybridized carbons (Fsp3) is 0.667. The van der Waals surface area contributed by atoms with Crippen LogP contribution in [0.5, 0.6) is 0 Å². The first-order chi connectivity index (χ1) is 8.69. The van der Waals surface area contributed by atoms with E-state index >= 15 is 0 Å². The average Bonchev–Trinajstić information content (AvgIpc) is 2.90. The van der Waals surface area contributed by atoms with Gasteiger partial charge in [0.15, 0.2) is 5.13 Å². The molecule has 8 heteroatoms. The van der Waals surface area contributed by atoms with Gasteiger partial charge in [-0.25, -0.2) is 4.98 Å². The van der Waals surface area contributed by atoms with Crippen LogP contribution >= 0.6 is 36.2 Å². The maximum atomic E-state index is 10.9. The number of rotatable bonds is 5. The Balaban J connectivity index is 0.00000180. The second-order valence-corrected chi connectivity index (χ2v) is 5.51. The van der Waals surface area contributed by atoms with Gasteiger partial charge < -0.3 is 10.6 Å². The summed E-state index contributed by atoms with van der Waals surface area (Å²) in [4.78, 5) is 17.8. The number of halogens is 2. The van der Waals surface area contributed by atoms with Crippen LogP contribution in [-0.2, 0) is 11.3 Å². The van der Waals surface area contributed by atoms with Crippen molar-refractivity contribution in [3.05, 3.63) is 11.1 Å². The summed E-state index contributed by atoms with van der Waals surface area (Å²) >= 11 is 1.49. The molecule has 0 spiro atoms. The van der Waals surface area contributed by atoms with Gasteiger partial charge in [0.2, 0.25) is 5.91 Å². The Morgan fingerprint density at radius 2 is 2.30 bits per heavy atom. The summed E-state index contributed by atoms with van der Waals surface area (Å²) in [5.41, 5.74) is 1.05. The molecule has 0 radical (unpaired) electrons. The van der Waals surface area contributed by atoms with Gasteiger partial charge in [0, 0.05) is 31.4 Å². The number of anilines is 1. The Bertz CT molecular complexity index is 416. The zero-order valence-electron chi connectivity index (χ0n) is 11.7. The summed E-state index contributed by atoms with van der Waals surface area (Å²) in [7, 11) is 1.99. The molecule has 1 unspecified atom stereocenters. The minimum absolute atomic E-state index is 0. The molecule has 0 saturated carbocycles. The van der Waals surface area contributed by atoms with Crippen LogP contribution in [0.25, 0.3) is 0 Å². The Hall–Kier alpha value is -0.400. The fourth-order valence-corrected chi connectivity index (χ4v) is 3.11. The molecular formula is C12H22Cl2N4OS. The van der Waals surface area contributed by atoms with E-state index in [1.807, 2.05) is 12.4 Å². The molecule has 5 nitrogen and oxygen atoms in total. The zero-order chi connectivity index (χ0) is 13.0. The van der Waals surface area contributed by atoms with Crippen LogP contribution in [0.15, 0.2) is 5.38 Å². The number of thiazole rings is 1. The highest BCUT2D eigenvalue weighted by atomic mass is 35.5. The molecule has 1 fully saturated rings. The molecule has 0 bridgehead atoms. The fourth-order valence-electron chi connectivity index (χ4n) is 2.37. The molecule has 1 amide bonds. The third kappa shape index (κ3) is 5.54. The highest BCUT2D eigenvalue weighted by Crippen LogP contribution is 2.22. The molecule has 1 atom stereocenters. The molecular weight excluding hydrogens is 319 g/mol. The van der Waals surface area contributed by atoms with Gasteiger partial charge in [-0.05, 0) is 26.4 Å². The molecule has 0 aromatic carbocycles. The number of nitrogens with zero attached hydrogens (tertiary/aromatic N) is 2. The second-order valence-electron chi connectivity index (χ2n) is 4.65. The van der Waals surface area contributed by atoms with Crippen LogP contribution in [0.1, 0.15) is 25.5 Å². The molecule has 0 aliphatic carbocycles. The molecule has 2 N–H and O–H groups in total. The number of nitrogens with one attached hydrogen (secondary N) is 2. The number of carbonyl (C=O) groups excluding carboxylic acids is 1. The first-order valence-corrected chi connectivity index (χ1v) is 7.17. The topological polar surface area (TPSA) is 57.3 Å². The molecule has 1 aromatic rings. The summed E-state index contributed by atoms with van der Waals surface area (Å²) in [5.74, 6) is -0.0647. The lowest BCUT2D eigenvalue weighted by atomic mass is 10.2. The van der Waals surface area contributed by atoms with Crippen LogP contribution in [0.2, 0.25) is 0 Å². The quantitative estimate of drug-likeness (QED) is 0.862. The first-order valence-electron chi connectivity index (χ1n) is 6.29. The van der Waals surface area contributed by atoms with Gasteiger partial charge in [-0.1, -0.05) is 0 Å². The molecule has 1 aliphatic heterocycles. The lowest BCUT2D eigenvalue weighted by Crippen LogP contribution is -2.36. The number of likely N-dealkylation sites (tertiary alicyclic amines) is 1. The van der Waals surface area contributed by atoms with E-state index in [1.54, 1.807) is 0 Å². The average molecular weight is 341 g/mol. The summed E-state index contributed by atoms with van der Waals surface area (Å²) < 4.78 is 0. The minimum atomic E-state index is -0.0647. The van der Waals surface area contributed by atoms with Gasteiger partial charge in [-0.15, -0.1) is 36.2 Å². The normalized spacial score (nSPS) is 18.2. The molecule has 2 heterocycles. The minimum Gasteiger partial charge on any atom is -0.318 e.